The molecule has 0 spiro atoms. The van der Waals surface area contributed by atoms with Crippen molar-refractivity contribution in [1.82, 2.24) is 4.98 Å². The van der Waals surface area contributed by atoms with Crippen molar-refractivity contribution in [2.45, 2.75) is 93.4 Å². The number of fused-ring (bicyclic) bond motifs is 6. The summed E-state index contributed by atoms with van der Waals surface area (Å²) in [5, 5.41) is 12.5. The summed E-state index contributed by atoms with van der Waals surface area (Å²) in [7, 11) is 0. The van der Waals surface area contributed by atoms with Crippen LogP contribution in [-0.4, -0.2) is 15.9 Å². The van der Waals surface area contributed by atoms with Crippen molar-refractivity contribution in [3.8, 4) is 22.6 Å². The Hall–Kier alpha value is -3.53. The van der Waals surface area contributed by atoms with Crippen LogP contribution in [0.4, 0.5) is 0 Å². The van der Waals surface area contributed by atoms with Gasteiger partial charge >= 0.3 is 0 Å². The van der Waals surface area contributed by atoms with E-state index >= 15 is 0 Å². The van der Waals surface area contributed by atoms with Gasteiger partial charge in [0, 0.05) is 53.3 Å². The Balaban J connectivity index is 0.000000242. The van der Waals surface area contributed by atoms with Crippen molar-refractivity contribution in [2.24, 2.45) is 10.8 Å². The van der Waals surface area contributed by atoms with Crippen LogP contribution in [0.15, 0.2) is 83.0 Å². The number of para-hydroxylation sites is 2. The first-order valence-electron chi connectivity index (χ1n) is 16.7. The van der Waals surface area contributed by atoms with Gasteiger partial charge in [0.15, 0.2) is 5.78 Å². The van der Waals surface area contributed by atoms with Gasteiger partial charge in [-0.15, -0.1) is 29.3 Å². The number of ketones is 1. The molecule has 4 nitrogen and oxygen atoms in total. The van der Waals surface area contributed by atoms with Gasteiger partial charge in [0.1, 0.15) is 17.1 Å². The predicted octanol–water partition coefficient (Wildman–Crippen LogP) is 11.7. The molecule has 47 heavy (non-hydrogen) atoms. The Morgan fingerprint density at radius 1 is 0.894 bits per heavy atom. The molecular formula is C42H48IrNO3-. The molecule has 3 aromatic carbocycles. The van der Waals surface area contributed by atoms with Gasteiger partial charge in [-0.2, -0.15) is 0 Å². The monoisotopic (exact) mass is 807 g/mol. The van der Waals surface area contributed by atoms with E-state index < -0.39 is 0 Å². The molecule has 0 atom stereocenters. The van der Waals surface area contributed by atoms with Crippen LogP contribution < -0.4 is 0 Å². The zero-order valence-corrected chi connectivity index (χ0v) is 31.7. The van der Waals surface area contributed by atoms with Crippen molar-refractivity contribution in [3.05, 3.63) is 101 Å². The van der Waals surface area contributed by atoms with Crippen LogP contribution >= 0.6 is 0 Å². The standard InChI is InChI=1S/C27H20NO.C15H28O2.Ir/c1-16-15-22(28-21-13-6-4-9-17(16)21)18-11-8-12-20-24(18)27(2,3)25-19-10-5-7-14-23(19)29-26(20)25;1-7-14(5,8-2)12(16)11-13(17)15(6,9-3)10-4;/h4-10,12-15H,1-3H3;11,16H,7-10H2,1-6H3;/q-1;;/b;12-11-;. The third kappa shape index (κ3) is 6.37. The van der Waals surface area contributed by atoms with Crippen molar-refractivity contribution in [1.29, 1.82) is 0 Å². The molecule has 0 saturated carbocycles. The normalized spacial score (nSPS) is 13.9. The quantitative estimate of drug-likeness (QED) is 0.0964. The van der Waals surface area contributed by atoms with Gasteiger partial charge in [0.2, 0.25) is 0 Å². The van der Waals surface area contributed by atoms with Gasteiger partial charge in [-0.3, -0.25) is 9.78 Å². The van der Waals surface area contributed by atoms with Crippen LogP contribution in [0, 0.1) is 23.8 Å². The minimum atomic E-state index is -0.337. The maximum absolute atomic E-state index is 12.2. The van der Waals surface area contributed by atoms with E-state index in [1.807, 2.05) is 65.8 Å². The zero-order valence-electron chi connectivity index (χ0n) is 29.3. The number of aliphatic hydroxyl groups excluding tert-OH is 1. The average molecular weight is 807 g/mol. The van der Waals surface area contributed by atoms with Gasteiger partial charge in [0.25, 0.3) is 0 Å². The fourth-order valence-corrected chi connectivity index (χ4v) is 6.68. The molecular weight excluding hydrogens is 759 g/mol. The third-order valence-electron chi connectivity index (χ3n) is 10.9. The molecule has 0 amide bonds. The number of rotatable bonds is 8. The number of hydrogen-bond acceptors (Lipinski definition) is 4. The summed E-state index contributed by atoms with van der Waals surface area (Å²) < 4.78 is 6.32. The van der Waals surface area contributed by atoms with E-state index in [9.17, 15) is 9.90 Å². The second-order valence-electron chi connectivity index (χ2n) is 13.8. The molecule has 6 rings (SSSR count). The maximum Gasteiger partial charge on any atom is 0.164 e. The fourth-order valence-electron chi connectivity index (χ4n) is 6.68. The molecule has 0 bridgehead atoms. The largest absolute Gasteiger partial charge is 0.512 e. The topological polar surface area (TPSA) is 63.3 Å². The van der Waals surface area contributed by atoms with E-state index in [2.05, 4.69) is 69.3 Å². The molecule has 0 fully saturated rings. The minimum absolute atomic E-state index is 0. The van der Waals surface area contributed by atoms with Crippen molar-refractivity contribution < 1.29 is 34.4 Å². The van der Waals surface area contributed by atoms with Gasteiger partial charge in [0.05, 0.1) is 5.52 Å². The Bertz CT molecular complexity index is 1940. The summed E-state index contributed by atoms with van der Waals surface area (Å²) in [6.07, 6.45) is 4.75. The van der Waals surface area contributed by atoms with Crippen molar-refractivity contribution in [3.63, 3.8) is 0 Å². The van der Waals surface area contributed by atoms with Crippen LogP contribution in [0.3, 0.4) is 0 Å². The predicted molar refractivity (Wildman–Crippen MR) is 191 cm³/mol. The van der Waals surface area contributed by atoms with Crippen LogP contribution in [-0.2, 0) is 30.3 Å². The second-order valence-corrected chi connectivity index (χ2v) is 13.8. The summed E-state index contributed by atoms with van der Waals surface area (Å²) in [5.74, 6) is 1.27. The number of pyridine rings is 1. The molecule has 0 unspecified atom stereocenters. The number of hydrogen-bond donors (Lipinski definition) is 1. The summed E-state index contributed by atoms with van der Waals surface area (Å²) in [6, 6.07) is 26.5. The van der Waals surface area contributed by atoms with Crippen LogP contribution in [0.2, 0.25) is 0 Å². The molecule has 2 heterocycles. The SMILES string of the molecule is CCC(C)(CC)C(=O)/C=C(\O)C(C)(CC)CC.Cc1cc(-c2[c-]ccc3c2C(C)(C)c2c-3oc3ccccc23)nc2ccccc12.[Ir]. The Morgan fingerprint density at radius 2 is 1.49 bits per heavy atom. The van der Waals surface area contributed by atoms with Gasteiger partial charge < -0.3 is 9.52 Å². The van der Waals surface area contributed by atoms with Gasteiger partial charge in [-0.05, 0) is 61.4 Å². The molecule has 1 radical (unpaired) electrons. The Labute approximate surface area is 294 Å². The summed E-state index contributed by atoms with van der Waals surface area (Å²) in [5.41, 5.74) is 8.12. The first-order valence-corrected chi connectivity index (χ1v) is 16.7. The molecule has 1 N–H and O–H groups in total. The van der Waals surface area contributed by atoms with E-state index in [0.717, 1.165) is 59.4 Å². The molecule has 1 aliphatic rings. The number of benzene rings is 3. The van der Waals surface area contributed by atoms with E-state index in [-0.39, 0.29) is 47.9 Å². The van der Waals surface area contributed by atoms with E-state index in [1.54, 1.807) is 0 Å². The smallest absolute Gasteiger partial charge is 0.164 e. The first kappa shape index (κ1) is 36.3. The van der Waals surface area contributed by atoms with Gasteiger partial charge in [-0.25, -0.2) is 0 Å². The first-order chi connectivity index (χ1) is 21.8. The Kier molecular flexibility index (Phi) is 10.7. The van der Waals surface area contributed by atoms with Crippen molar-refractivity contribution >= 4 is 27.7 Å². The summed E-state index contributed by atoms with van der Waals surface area (Å²) in [4.78, 5) is 17.2. The van der Waals surface area contributed by atoms with Crippen LogP contribution in [0.1, 0.15) is 97.8 Å². The number of aryl methyl sites for hydroxylation is 1. The molecule has 5 aromatic rings. The minimum Gasteiger partial charge on any atom is -0.512 e. The van der Waals surface area contributed by atoms with Crippen LogP contribution in [0.5, 0.6) is 0 Å². The maximum atomic E-state index is 12.2. The third-order valence-corrected chi connectivity index (χ3v) is 10.9. The van der Waals surface area contributed by atoms with Crippen LogP contribution in [0.25, 0.3) is 44.5 Å². The second kappa shape index (κ2) is 13.9. The number of carbonyl (C=O) groups is 1. The number of nitrogens with zero attached hydrogens (tertiary/aromatic N) is 1. The average Bonchev–Trinajstić information content (AvgIpc) is 3.57. The van der Waals surface area contributed by atoms with Gasteiger partial charge in [-0.1, -0.05) is 103 Å². The molecule has 0 aliphatic heterocycles. The molecule has 1 aliphatic carbocycles. The van der Waals surface area contributed by atoms with E-state index in [1.165, 1.54) is 33.5 Å². The number of aliphatic hydroxyl groups is 1. The van der Waals surface area contributed by atoms with Crippen molar-refractivity contribution in [2.75, 3.05) is 0 Å². The number of furan rings is 1. The Morgan fingerprint density at radius 3 is 2.13 bits per heavy atom. The van der Waals surface area contributed by atoms with E-state index in [0.29, 0.717) is 0 Å². The molecule has 249 valence electrons. The molecule has 0 saturated heterocycles. The fraction of sp³-hybridized carbons (Fsp3) is 0.381. The number of allylic oxidation sites excluding steroid dienone is 2. The zero-order chi connectivity index (χ0) is 33.4. The van der Waals surface area contributed by atoms with E-state index in [4.69, 9.17) is 9.40 Å². The number of carbonyl (C=O) groups excluding carboxylic acids is 1. The summed E-state index contributed by atoms with van der Waals surface area (Å²) >= 11 is 0. The number of aromatic nitrogens is 1. The summed E-state index contributed by atoms with van der Waals surface area (Å²) in [6.45, 7) is 18.8. The molecule has 2 aromatic heterocycles. The molecule has 5 heteroatoms.